The standard InChI is InChI=1S/C7H8F2N4O2/c1-12-5(4(2-11-12)13(14)15)6(10)3-7(6,8)9/h2H,3,10H2,1H3. The van der Waals surface area contributed by atoms with Crippen LogP contribution in [0, 0.1) is 10.1 Å². The van der Waals surface area contributed by atoms with Gasteiger partial charge in [0.25, 0.3) is 5.92 Å². The molecule has 1 aromatic rings. The Morgan fingerprint density at radius 2 is 2.27 bits per heavy atom. The van der Waals surface area contributed by atoms with E-state index >= 15 is 0 Å². The van der Waals surface area contributed by atoms with Gasteiger partial charge in [0.05, 0.1) is 4.92 Å². The zero-order valence-corrected chi connectivity index (χ0v) is 7.78. The maximum Gasteiger partial charge on any atom is 0.312 e. The molecule has 0 saturated heterocycles. The summed E-state index contributed by atoms with van der Waals surface area (Å²) in [4.78, 5) is 9.81. The second-order valence-electron chi connectivity index (χ2n) is 3.61. The van der Waals surface area contributed by atoms with Crippen molar-refractivity contribution in [1.29, 1.82) is 0 Å². The Labute approximate surface area is 82.8 Å². The number of aromatic nitrogens is 2. The molecular weight excluding hydrogens is 210 g/mol. The molecule has 1 saturated carbocycles. The molecule has 2 N–H and O–H groups in total. The maximum absolute atomic E-state index is 13.0. The zero-order chi connectivity index (χ0) is 11.4. The second kappa shape index (κ2) is 2.51. The summed E-state index contributed by atoms with van der Waals surface area (Å²) < 4.78 is 27.0. The van der Waals surface area contributed by atoms with Gasteiger partial charge in [0.1, 0.15) is 17.4 Å². The fraction of sp³-hybridized carbons (Fsp3) is 0.571. The topological polar surface area (TPSA) is 87.0 Å². The SMILES string of the molecule is Cn1ncc([N+](=O)[O-])c1C1(N)CC1(F)F. The average molecular weight is 218 g/mol. The van der Waals surface area contributed by atoms with Crippen molar-refractivity contribution in [3.05, 3.63) is 22.0 Å². The van der Waals surface area contributed by atoms with E-state index < -0.39 is 28.5 Å². The number of hydrogen-bond donors (Lipinski definition) is 1. The summed E-state index contributed by atoms with van der Waals surface area (Å²) >= 11 is 0. The Morgan fingerprint density at radius 3 is 2.67 bits per heavy atom. The van der Waals surface area contributed by atoms with Gasteiger partial charge in [-0.2, -0.15) is 5.10 Å². The molecule has 1 heterocycles. The summed E-state index contributed by atoms with van der Waals surface area (Å²) in [5.41, 5.74) is 2.78. The lowest BCUT2D eigenvalue weighted by atomic mass is 10.1. The van der Waals surface area contributed by atoms with Crippen molar-refractivity contribution in [2.24, 2.45) is 12.8 Å². The summed E-state index contributed by atoms with van der Waals surface area (Å²) in [6.07, 6.45) is 0.346. The Hall–Kier alpha value is -1.57. The van der Waals surface area contributed by atoms with Gasteiger partial charge >= 0.3 is 5.69 Å². The number of nitrogens with two attached hydrogens (primary N) is 1. The predicted molar refractivity (Wildman–Crippen MR) is 45.3 cm³/mol. The minimum Gasteiger partial charge on any atom is -0.315 e. The number of alkyl halides is 2. The third-order valence-electron chi connectivity index (χ3n) is 2.57. The van der Waals surface area contributed by atoms with E-state index in [2.05, 4.69) is 5.10 Å². The van der Waals surface area contributed by atoms with Crippen LogP contribution >= 0.6 is 0 Å². The molecular formula is C7H8F2N4O2. The van der Waals surface area contributed by atoms with Crippen LogP contribution in [0.5, 0.6) is 0 Å². The van der Waals surface area contributed by atoms with Crippen LogP contribution in [0.15, 0.2) is 6.20 Å². The maximum atomic E-state index is 13.0. The number of hydrogen-bond acceptors (Lipinski definition) is 4. The zero-order valence-electron chi connectivity index (χ0n) is 7.78. The van der Waals surface area contributed by atoms with Crippen LogP contribution in [-0.4, -0.2) is 20.6 Å². The largest absolute Gasteiger partial charge is 0.315 e. The van der Waals surface area contributed by atoms with Gasteiger partial charge in [-0.1, -0.05) is 0 Å². The van der Waals surface area contributed by atoms with E-state index in [0.29, 0.717) is 0 Å². The molecule has 82 valence electrons. The van der Waals surface area contributed by atoms with Crippen LogP contribution in [0.3, 0.4) is 0 Å². The lowest BCUT2D eigenvalue weighted by Crippen LogP contribution is -2.30. The van der Waals surface area contributed by atoms with Gasteiger partial charge in [-0.25, -0.2) is 8.78 Å². The molecule has 1 aliphatic rings. The molecule has 0 aromatic carbocycles. The quantitative estimate of drug-likeness (QED) is 0.579. The van der Waals surface area contributed by atoms with E-state index in [1.54, 1.807) is 0 Å². The highest BCUT2D eigenvalue weighted by molar-refractivity contribution is 5.45. The van der Waals surface area contributed by atoms with E-state index in [1.807, 2.05) is 0 Å². The van der Waals surface area contributed by atoms with Crippen LogP contribution in [-0.2, 0) is 12.6 Å². The first-order chi connectivity index (χ1) is 6.79. The van der Waals surface area contributed by atoms with Crippen LogP contribution in [0.1, 0.15) is 12.1 Å². The fourth-order valence-corrected chi connectivity index (χ4v) is 1.64. The highest BCUT2D eigenvalue weighted by atomic mass is 19.3. The number of aryl methyl sites for hydroxylation is 1. The van der Waals surface area contributed by atoms with Crippen LogP contribution in [0.2, 0.25) is 0 Å². The molecule has 0 aliphatic heterocycles. The molecule has 0 amide bonds. The summed E-state index contributed by atoms with van der Waals surface area (Å²) in [6, 6.07) is 0. The Bertz CT molecular complexity index is 444. The Morgan fingerprint density at radius 1 is 1.73 bits per heavy atom. The predicted octanol–water partition coefficient (Wildman–Crippen LogP) is 0.521. The summed E-state index contributed by atoms with van der Waals surface area (Å²) in [7, 11) is 1.35. The molecule has 1 unspecified atom stereocenters. The van der Waals surface area contributed by atoms with E-state index in [1.165, 1.54) is 7.05 Å². The molecule has 15 heavy (non-hydrogen) atoms. The van der Waals surface area contributed by atoms with Crippen LogP contribution < -0.4 is 5.73 Å². The van der Waals surface area contributed by atoms with Crippen molar-refractivity contribution in [2.75, 3.05) is 0 Å². The molecule has 0 spiro atoms. The molecule has 1 aromatic heterocycles. The van der Waals surface area contributed by atoms with Gasteiger partial charge in [-0.3, -0.25) is 14.8 Å². The minimum absolute atomic E-state index is 0.225. The fourth-order valence-electron chi connectivity index (χ4n) is 1.64. The van der Waals surface area contributed by atoms with Gasteiger partial charge in [0.15, 0.2) is 0 Å². The van der Waals surface area contributed by atoms with Crippen LogP contribution in [0.4, 0.5) is 14.5 Å². The van der Waals surface area contributed by atoms with Crippen molar-refractivity contribution in [3.63, 3.8) is 0 Å². The molecule has 8 heteroatoms. The molecule has 2 rings (SSSR count). The van der Waals surface area contributed by atoms with Gasteiger partial charge in [0.2, 0.25) is 0 Å². The summed E-state index contributed by atoms with van der Waals surface area (Å²) in [5.74, 6) is -3.09. The van der Waals surface area contributed by atoms with Gasteiger partial charge in [-0.05, 0) is 0 Å². The van der Waals surface area contributed by atoms with E-state index in [0.717, 1.165) is 10.9 Å². The number of nitro groups is 1. The molecule has 6 nitrogen and oxygen atoms in total. The van der Waals surface area contributed by atoms with E-state index in [9.17, 15) is 18.9 Å². The first-order valence-electron chi connectivity index (χ1n) is 4.13. The first kappa shape index (κ1) is 9.97. The normalized spacial score (nSPS) is 27.7. The van der Waals surface area contributed by atoms with Crippen molar-refractivity contribution >= 4 is 5.69 Å². The third kappa shape index (κ3) is 1.14. The first-order valence-corrected chi connectivity index (χ1v) is 4.13. The van der Waals surface area contributed by atoms with Gasteiger partial charge in [-0.15, -0.1) is 0 Å². The highest BCUT2D eigenvalue weighted by Crippen LogP contribution is 2.58. The molecule has 0 bridgehead atoms. The van der Waals surface area contributed by atoms with Crippen molar-refractivity contribution < 1.29 is 13.7 Å². The lowest BCUT2D eigenvalue weighted by molar-refractivity contribution is -0.386. The second-order valence-corrected chi connectivity index (χ2v) is 3.61. The minimum atomic E-state index is -3.09. The third-order valence-corrected chi connectivity index (χ3v) is 2.57. The van der Waals surface area contributed by atoms with Crippen molar-refractivity contribution in [3.8, 4) is 0 Å². The van der Waals surface area contributed by atoms with Gasteiger partial charge in [0, 0.05) is 13.5 Å². The number of rotatable bonds is 2. The summed E-state index contributed by atoms with van der Waals surface area (Å²) in [6.45, 7) is 0. The molecule has 1 fully saturated rings. The average Bonchev–Trinajstić information content (AvgIpc) is 2.45. The monoisotopic (exact) mass is 218 g/mol. The molecule has 1 atom stereocenters. The van der Waals surface area contributed by atoms with Gasteiger partial charge < -0.3 is 5.73 Å². The smallest absolute Gasteiger partial charge is 0.312 e. The number of halogens is 2. The highest BCUT2D eigenvalue weighted by Gasteiger charge is 2.73. The van der Waals surface area contributed by atoms with Crippen molar-refractivity contribution in [1.82, 2.24) is 9.78 Å². The van der Waals surface area contributed by atoms with E-state index in [4.69, 9.17) is 5.73 Å². The molecule has 0 radical (unpaired) electrons. The van der Waals surface area contributed by atoms with E-state index in [-0.39, 0.29) is 5.69 Å². The summed E-state index contributed by atoms with van der Waals surface area (Å²) in [5, 5.41) is 14.1. The van der Waals surface area contributed by atoms with Crippen molar-refractivity contribution in [2.45, 2.75) is 17.9 Å². The Kier molecular flexibility index (Phi) is 1.67. The number of nitrogens with zero attached hydrogens (tertiary/aromatic N) is 3. The Balaban J connectivity index is 2.54. The molecule has 1 aliphatic carbocycles. The lowest BCUT2D eigenvalue weighted by Gasteiger charge is -2.09. The van der Waals surface area contributed by atoms with Crippen LogP contribution in [0.25, 0.3) is 0 Å².